The maximum atomic E-state index is 6.87. The van der Waals surface area contributed by atoms with Crippen molar-refractivity contribution in [1.29, 1.82) is 0 Å². The van der Waals surface area contributed by atoms with Gasteiger partial charge >= 0.3 is 8.60 Å². The van der Waals surface area contributed by atoms with E-state index >= 15 is 0 Å². The molecule has 0 N–H and O–H groups in total. The molecule has 3 aliphatic rings. The van der Waals surface area contributed by atoms with Crippen LogP contribution >= 0.6 is 8.60 Å². The normalized spacial score (nSPS) is 28.4. The van der Waals surface area contributed by atoms with Crippen LogP contribution < -0.4 is 9.26 Å². The first-order valence-corrected chi connectivity index (χ1v) is 18.8. The van der Waals surface area contributed by atoms with Gasteiger partial charge in [-0.2, -0.15) is 0 Å². The zero-order valence-electron chi connectivity index (χ0n) is 29.6. The minimum absolute atomic E-state index is 0.0524. The van der Waals surface area contributed by atoms with Crippen LogP contribution in [0.2, 0.25) is 0 Å². The highest BCUT2D eigenvalue weighted by Gasteiger charge is 2.48. The van der Waals surface area contributed by atoms with Gasteiger partial charge in [0.05, 0.1) is 19.3 Å². The van der Waals surface area contributed by atoms with Crippen LogP contribution in [0.3, 0.4) is 0 Å². The summed E-state index contributed by atoms with van der Waals surface area (Å²) in [5, 5.41) is 0. The SMILES string of the molecule is COP(Oc1c(C)c(C)c2c(c1C)CCC(C)(CCCC(C)CCCC(C)CCCC(C)C)O2)OC1COC2C(C)COC12. The van der Waals surface area contributed by atoms with Crippen LogP contribution in [0.15, 0.2) is 0 Å². The smallest absolute Gasteiger partial charge is 0.397 e. The van der Waals surface area contributed by atoms with Crippen LogP contribution in [0.5, 0.6) is 11.5 Å². The number of benzene rings is 1. The average molecular weight is 635 g/mol. The van der Waals surface area contributed by atoms with Crippen molar-refractivity contribution in [2.24, 2.45) is 23.7 Å². The maximum absolute atomic E-state index is 6.87. The number of hydrogen-bond acceptors (Lipinski definition) is 6. The summed E-state index contributed by atoms with van der Waals surface area (Å²) in [6, 6.07) is 0. The van der Waals surface area contributed by atoms with E-state index < -0.39 is 8.60 Å². The van der Waals surface area contributed by atoms with Crippen molar-refractivity contribution in [3.05, 3.63) is 22.3 Å². The molecule has 3 heterocycles. The molecular weight excluding hydrogens is 571 g/mol. The Morgan fingerprint density at radius 2 is 1.48 bits per heavy atom. The predicted octanol–water partition coefficient (Wildman–Crippen LogP) is 10.2. The van der Waals surface area contributed by atoms with Crippen molar-refractivity contribution < 1.29 is 27.8 Å². The molecule has 2 fully saturated rings. The topological polar surface area (TPSA) is 55.4 Å². The van der Waals surface area contributed by atoms with Gasteiger partial charge in [0.15, 0.2) is 0 Å². The van der Waals surface area contributed by atoms with Crippen molar-refractivity contribution in [3.63, 3.8) is 0 Å². The standard InChI is InChI=1S/C37H63O6P/c1-24(2)14-11-15-25(3)16-12-17-26(4)18-13-20-37(9)21-19-31-30(8)34(28(6)29(7)35(31)41-37)43-44(38-10)42-32-23-40-33-27(5)22-39-36(32)33/h24-27,32-33,36H,11-23H2,1-10H3. The minimum atomic E-state index is -1.59. The Hall–Kier alpha value is -0.910. The summed E-state index contributed by atoms with van der Waals surface area (Å²) in [7, 11) is 0.0608. The molecule has 0 aromatic heterocycles. The van der Waals surface area contributed by atoms with Gasteiger partial charge in [0.1, 0.15) is 29.3 Å². The fraction of sp³-hybridized carbons (Fsp3) is 0.838. The lowest BCUT2D eigenvalue weighted by molar-refractivity contribution is 0.0233. The molecule has 7 heteroatoms. The van der Waals surface area contributed by atoms with E-state index in [1.54, 1.807) is 7.11 Å². The highest BCUT2D eigenvalue weighted by atomic mass is 31.2. The summed E-state index contributed by atoms with van der Waals surface area (Å²) in [5.74, 6) is 4.79. The fourth-order valence-electron chi connectivity index (χ4n) is 7.43. The first-order chi connectivity index (χ1) is 20.9. The van der Waals surface area contributed by atoms with Gasteiger partial charge in [0.2, 0.25) is 0 Å². The van der Waals surface area contributed by atoms with Crippen LogP contribution in [-0.4, -0.2) is 44.2 Å². The molecule has 0 aliphatic carbocycles. The Balaban J connectivity index is 1.28. The van der Waals surface area contributed by atoms with Gasteiger partial charge in [0.25, 0.3) is 0 Å². The molecule has 44 heavy (non-hydrogen) atoms. The molecule has 4 rings (SSSR count). The molecule has 1 aromatic carbocycles. The predicted molar refractivity (Wildman–Crippen MR) is 181 cm³/mol. The summed E-state index contributed by atoms with van der Waals surface area (Å²) in [5.41, 5.74) is 4.53. The Morgan fingerprint density at radius 1 is 0.841 bits per heavy atom. The molecule has 3 aliphatic heterocycles. The van der Waals surface area contributed by atoms with Gasteiger partial charge < -0.3 is 23.3 Å². The summed E-state index contributed by atoms with van der Waals surface area (Å²) in [6.45, 7) is 21.7. The molecule has 0 amide bonds. The zero-order valence-corrected chi connectivity index (χ0v) is 30.5. The molecular formula is C37H63O6P. The summed E-state index contributed by atoms with van der Waals surface area (Å²) < 4.78 is 37.3. The Kier molecular flexibility index (Phi) is 13.3. The third-order valence-electron chi connectivity index (χ3n) is 10.6. The van der Waals surface area contributed by atoms with Crippen LogP contribution in [0.1, 0.15) is 128 Å². The van der Waals surface area contributed by atoms with E-state index in [2.05, 4.69) is 62.3 Å². The van der Waals surface area contributed by atoms with E-state index in [9.17, 15) is 0 Å². The van der Waals surface area contributed by atoms with Crippen molar-refractivity contribution in [1.82, 2.24) is 0 Å². The highest BCUT2D eigenvalue weighted by Crippen LogP contribution is 2.50. The fourth-order valence-corrected chi connectivity index (χ4v) is 8.46. The second kappa shape index (κ2) is 16.3. The second-order valence-electron chi connectivity index (χ2n) is 15.1. The van der Waals surface area contributed by atoms with E-state index in [-0.39, 0.29) is 23.9 Å². The van der Waals surface area contributed by atoms with Crippen molar-refractivity contribution >= 4 is 8.60 Å². The summed E-state index contributed by atoms with van der Waals surface area (Å²) >= 11 is 0. The van der Waals surface area contributed by atoms with Crippen molar-refractivity contribution in [2.75, 3.05) is 20.3 Å². The summed E-state index contributed by atoms with van der Waals surface area (Å²) in [4.78, 5) is 0. The molecule has 0 bridgehead atoms. The van der Waals surface area contributed by atoms with Gasteiger partial charge in [-0.3, -0.25) is 4.52 Å². The zero-order chi connectivity index (χ0) is 32.0. The number of fused-ring (bicyclic) bond motifs is 2. The third kappa shape index (κ3) is 9.12. The average Bonchev–Trinajstić information content (AvgIpc) is 3.55. The Morgan fingerprint density at radius 3 is 2.14 bits per heavy atom. The Bertz CT molecular complexity index is 1060. The molecule has 0 radical (unpaired) electrons. The van der Waals surface area contributed by atoms with Crippen LogP contribution in [0.25, 0.3) is 0 Å². The third-order valence-corrected chi connectivity index (χ3v) is 11.7. The van der Waals surface area contributed by atoms with Crippen LogP contribution in [0, 0.1) is 44.4 Å². The molecule has 8 unspecified atom stereocenters. The lowest BCUT2D eigenvalue weighted by atomic mass is 9.84. The van der Waals surface area contributed by atoms with Gasteiger partial charge in [-0.1, -0.05) is 79.6 Å². The van der Waals surface area contributed by atoms with Gasteiger partial charge in [-0.15, -0.1) is 0 Å². The molecule has 2 saturated heterocycles. The van der Waals surface area contributed by atoms with Gasteiger partial charge in [0, 0.05) is 18.6 Å². The highest BCUT2D eigenvalue weighted by molar-refractivity contribution is 7.42. The largest absolute Gasteiger partial charge is 0.487 e. The summed E-state index contributed by atoms with van der Waals surface area (Å²) in [6.07, 6.45) is 13.8. The van der Waals surface area contributed by atoms with Crippen molar-refractivity contribution in [3.8, 4) is 11.5 Å². The maximum Gasteiger partial charge on any atom is 0.397 e. The Labute approximate surface area is 270 Å². The van der Waals surface area contributed by atoms with Crippen LogP contribution in [-0.2, 0) is 24.9 Å². The van der Waals surface area contributed by atoms with E-state index in [4.69, 9.17) is 27.8 Å². The van der Waals surface area contributed by atoms with Crippen LogP contribution in [0.4, 0.5) is 0 Å². The first-order valence-electron chi connectivity index (χ1n) is 17.7. The molecule has 1 aromatic rings. The lowest BCUT2D eigenvalue weighted by Crippen LogP contribution is -2.37. The van der Waals surface area contributed by atoms with Crippen molar-refractivity contribution in [2.45, 2.75) is 157 Å². The van der Waals surface area contributed by atoms with E-state index in [0.717, 1.165) is 65.2 Å². The van der Waals surface area contributed by atoms with E-state index in [0.29, 0.717) is 19.1 Å². The molecule has 0 saturated carbocycles. The molecule has 252 valence electrons. The second-order valence-corrected chi connectivity index (χ2v) is 16.3. The van der Waals surface area contributed by atoms with E-state index in [1.807, 2.05) is 0 Å². The number of hydrogen-bond donors (Lipinski definition) is 0. The van der Waals surface area contributed by atoms with Gasteiger partial charge in [-0.05, 0) is 87.8 Å². The minimum Gasteiger partial charge on any atom is -0.487 e. The molecule has 8 atom stereocenters. The monoisotopic (exact) mass is 634 g/mol. The lowest BCUT2D eigenvalue weighted by Gasteiger charge is -2.38. The molecule has 0 spiro atoms. The first kappa shape index (κ1) is 35.9. The number of rotatable bonds is 17. The van der Waals surface area contributed by atoms with Gasteiger partial charge in [-0.25, -0.2) is 0 Å². The quantitative estimate of drug-likeness (QED) is 0.159. The molecule has 6 nitrogen and oxygen atoms in total. The van der Waals surface area contributed by atoms with E-state index in [1.165, 1.54) is 56.9 Å². The number of ether oxygens (including phenoxy) is 3.